The summed E-state index contributed by atoms with van der Waals surface area (Å²) in [5, 5.41) is 7.91. The number of nitrogens with one attached hydrogen (secondary N) is 3. The topological polar surface area (TPSA) is 164 Å². The van der Waals surface area contributed by atoms with Crippen molar-refractivity contribution in [2.45, 2.75) is 32.0 Å². The average Bonchev–Trinajstić information content (AvgIpc) is 3.16. The summed E-state index contributed by atoms with van der Waals surface area (Å²) >= 11 is 5.67. The van der Waals surface area contributed by atoms with Crippen molar-refractivity contribution in [1.29, 1.82) is 0 Å². The molecular formula is C24H29ClFN7O4. The van der Waals surface area contributed by atoms with Crippen LogP contribution in [-0.2, 0) is 20.9 Å². The maximum atomic E-state index is 13.7. The first-order valence-corrected chi connectivity index (χ1v) is 11.9. The molecule has 2 aromatic carbocycles. The third kappa shape index (κ3) is 6.66. The van der Waals surface area contributed by atoms with E-state index in [4.69, 9.17) is 27.8 Å². The predicted octanol–water partition coefficient (Wildman–Crippen LogP) is 2.00. The molecule has 1 aliphatic heterocycles. The van der Waals surface area contributed by atoms with Crippen LogP contribution in [0.3, 0.4) is 0 Å². The van der Waals surface area contributed by atoms with Gasteiger partial charge in [-0.05, 0) is 43.3 Å². The SMILES string of the molecule is CCCOC(=O)N1c2cc(CNC)ccc2[C@H](NC(=O)C(=O)Nc2ccc(Cl)c(F)c2)[C@H]1CN=C(N)N. The van der Waals surface area contributed by atoms with Crippen molar-refractivity contribution in [3.8, 4) is 0 Å². The molecule has 0 radical (unpaired) electrons. The van der Waals surface area contributed by atoms with Crippen LogP contribution in [0.25, 0.3) is 0 Å². The Labute approximate surface area is 218 Å². The van der Waals surface area contributed by atoms with E-state index >= 15 is 0 Å². The van der Waals surface area contributed by atoms with Gasteiger partial charge in [0.05, 0.1) is 35.9 Å². The minimum Gasteiger partial charge on any atom is -0.449 e. The van der Waals surface area contributed by atoms with E-state index < -0.39 is 35.8 Å². The molecule has 2 atom stereocenters. The molecule has 0 bridgehead atoms. The van der Waals surface area contributed by atoms with Crippen LogP contribution in [0.4, 0.5) is 20.6 Å². The summed E-state index contributed by atoms with van der Waals surface area (Å²) in [5.74, 6) is -3.01. The molecule has 0 aromatic heterocycles. The molecule has 7 N–H and O–H groups in total. The molecular weight excluding hydrogens is 505 g/mol. The summed E-state index contributed by atoms with van der Waals surface area (Å²) in [6.07, 6.45) is -0.0329. The number of halogens is 2. The van der Waals surface area contributed by atoms with Gasteiger partial charge in [-0.2, -0.15) is 0 Å². The Bertz CT molecular complexity index is 1210. The molecule has 198 valence electrons. The Hall–Kier alpha value is -3.90. The molecule has 1 heterocycles. The van der Waals surface area contributed by atoms with E-state index in [0.717, 1.165) is 11.6 Å². The zero-order chi connectivity index (χ0) is 27.1. The predicted molar refractivity (Wildman–Crippen MR) is 139 cm³/mol. The molecule has 0 spiro atoms. The highest BCUT2D eigenvalue weighted by Gasteiger charge is 2.44. The van der Waals surface area contributed by atoms with Crippen LogP contribution in [0.2, 0.25) is 5.02 Å². The lowest BCUT2D eigenvalue weighted by Gasteiger charge is -2.27. The lowest BCUT2D eigenvalue weighted by molar-refractivity contribution is -0.136. The number of fused-ring (bicyclic) bond motifs is 1. The Balaban J connectivity index is 1.94. The number of rotatable bonds is 8. The molecule has 0 aliphatic carbocycles. The van der Waals surface area contributed by atoms with E-state index in [1.807, 2.05) is 13.0 Å². The monoisotopic (exact) mass is 533 g/mol. The fourth-order valence-electron chi connectivity index (χ4n) is 3.93. The van der Waals surface area contributed by atoms with Crippen molar-refractivity contribution in [3.05, 3.63) is 58.4 Å². The number of nitrogens with zero attached hydrogens (tertiary/aromatic N) is 2. The number of nitrogens with two attached hydrogens (primary N) is 2. The maximum absolute atomic E-state index is 13.7. The number of hydrogen-bond donors (Lipinski definition) is 5. The Morgan fingerprint density at radius 1 is 1.16 bits per heavy atom. The highest BCUT2D eigenvalue weighted by Crippen LogP contribution is 2.41. The number of anilines is 2. The number of amides is 3. The molecule has 37 heavy (non-hydrogen) atoms. The summed E-state index contributed by atoms with van der Waals surface area (Å²) < 4.78 is 19.1. The maximum Gasteiger partial charge on any atom is 0.414 e. The van der Waals surface area contributed by atoms with Crippen LogP contribution in [0, 0.1) is 5.82 Å². The summed E-state index contributed by atoms with van der Waals surface area (Å²) in [6, 6.07) is 7.35. The van der Waals surface area contributed by atoms with E-state index in [-0.39, 0.29) is 29.8 Å². The molecule has 13 heteroatoms. The van der Waals surface area contributed by atoms with Gasteiger partial charge in [-0.15, -0.1) is 0 Å². The van der Waals surface area contributed by atoms with Crippen LogP contribution in [-0.4, -0.2) is 50.1 Å². The Morgan fingerprint density at radius 2 is 1.92 bits per heavy atom. The minimum atomic E-state index is -1.04. The standard InChI is InChI=1S/C24H29ClFN7O4/c1-3-8-37-24(36)33-18-9-13(11-29-2)4-6-15(18)20(19(33)12-30-23(27)28)32-22(35)21(34)31-14-5-7-16(25)17(26)10-14/h4-7,9-10,19-20,29H,3,8,11-12H2,1-2H3,(H,31,34)(H,32,35)(H4,27,28,30)/t19-,20+/m1/s1. The molecule has 2 aromatic rings. The second-order valence-electron chi connectivity index (χ2n) is 8.27. The first-order chi connectivity index (χ1) is 17.7. The van der Waals surface area contributed by atoms with E-state index in [9.17, 15) is 18.8 Å². The van der Waals surface area contributed by atoms with Gasteiger partial charge in [-0.3, -0.25) is 19.5 Å². The molecule has 3 rings (SSSR count). The molecule has 1 aliphatic rings. The average molecular weight is 534 g/mol. The number of hydrogen-bond acceptors (Lipinski definition) is 6. The molecule has 0 unspecified atom stereocenters. The summed E-state index contributed by atoms with van der Waals surface area (Å²) in [7, 11) is 1.79. The summed E-state index contributed by atoms with van der Waals surface area (Å²) in [4.78, 5) is 44.0. The molecule has 0 fully saturated rings. The van der Waals surface area contributed by atoms with Gasteiger partial charge in [-0.1, -0.05) is 30.7 Å². The summed E-state index contributed by atoms with van der Waals surface area (Å²) in [5.41, 5.74) is 13.1. The number of aliphatic imine (C=N–C) groups is 1. The first kappa shape index (κ1) is 27.7. The molecule has 0 saturated carbocycles. The normalized spacial score (nSPS) is 16.1. The molecule has 0 saturated heterocycles. The van der Waals surface area contributed by atoms with Crippen molar-refractivity contribution >= 4 is 46.8 Å². The third-order valence-electron chi connectivity index (χ3n) is 5.54. The number of carbonyl (C=O) groups is 3. The van der Waals surface area contributed by atoms with Gasteiger partial charge in [0.1, 0.15) is 5.82 Å². The van der Waals surface area contributed by atoms with Crippen LogP contribution in [0.5, 0.6) is 0 Å². The van der Waals surface area contributed by atoms with Gasteiger partial charge in [0.2, 0.25) is 0 Å². The molecule has 3 amide bonds. The van der Waals surface area contributed by atoms with Crippen molar-refractivity contribution < 1.29 is 23.5 Å². The van der Waals surface area contributed by atoms with Crippen LogP contribution in [0.15, 0.2) is 41.4 Å². The van der Waals surface area contributed by atoms with E-state index in [1.54, 1.807) is 19.2 Å². The minimum absolute atomic E-state index is 0.0485. The van der Waals surface area contributed by atoms with Gasteiger partial charge in [0.15, 0.2) is 5.96 Å². The fraction of sp³-hybridized carbons (Fsp3) is 0.333. The fourth-order valence-corrected chi connectivity index (χ4v) is 4.05. The highest BCUT2D eigenvalue weighted by molar-refractivity contribution is 6.39. The van der Waals surface area contributed by atoms with Gasteiger partial charge < -0.3 is 32.2 Å². The van der Waals surface area contributed by atoms with Crippen molar-refractivity contribution in [2.24, 2.45) is 16.5 Å². The first-order valence-electron chi connectivity index (χ1n) is 11.5. The van der Waals surface area contributed by atoms with Crippen LogP contribution >= 0.6 is 11.6 Å². The van der Waals surface area contributed by atoms with E-state index in [2.05, 4.69) is 20.9 Å². The second-order valence-corrected chi connectivity index (χ2v) is 8.68. The lowest BCUT2D eigenvalue weighted by Crippen LogP contribution is -2.48. The zero-order valence-corrected chi connectivity index (χ0v) is 21.1. The zero-order valence-electron chi connectivity index (χ0n) is 20.4. The van der Waals surface area contributed by atoms with Crippen LogP contribution in [0.1, 0.15) is 30.5 Å². The third-order valence-corrected chi connectivity index (χ3v) is 5.85. The van der Waals surface area contributed by atoms with Crippen LogP contribution < -0.4 is 32.3 Å². The van der Waals surface area contributed by atoms with Crippen molar-refractivity contribution in [1.82, 2.24) is 10.6 Å². The highest BCUT2D eigenvalue weighted by atomic mass is 35.5. The van der Waals surface area contributed by atoms with Gasteiger partial charge in [-0.25, -0.2) is 9.18 Å². The quantitative estimate of drug-likeness (QED) is 0.197. The smallest absolute Gasteiger partial charge is 0.414 e. The van der Waals surface area contributed by atoms with E-state index in [1.165, 1.54) is 17.0 Å². The number of ether oxygens (including phenoxy) is 1. The van der Waals surface area contributed by atoms with E-state index in [0.29, 0.717) is 24.2 Å². The van der Waals surface area contributed by atoms with Crippen molar-refractivity contribution in [3.63, 3.8) is 0 Å². The number of guanidine groups is 1. The van der Waals surface area contributed by atoms with Gasteiger partial charge in [0.25, 0.3) is 0 Å². The lowest BCUT2D eigenvalue weighted by atomic mass is 10.0. The van der Waals surface area contributed by atoms with Gasteiger partial charge in [0, 0.05) is 17.8 Å². The number of benzene rings is 2. The van der Waals surface area contributed by atoms with Crippen molar-refractivity contribution in [2.75, 3.05) is 30.4 Å². The second kappa shape index (κ2) is 12.4. The summed E-state index contributed by atoms with van der Waals surface area (Å²) in [6.45, 7) is 2.50. The molecule has 11 nitrogen and oxygen atoms in total. The van der Waals surface area contributed by atoms with Gasteiger partial charge >= 0.3 is 17.9 Å². The Morgan fingerprint density at radius 3 is 2.57 bits per heavy atom. The largest absolute Gasteiger partial charge is 0.449 e. The number of carbonyl (C=O) groups excluding carboxylic acids is 3. The Kier molecular flexibility index (Phi) is 9.25.